The Morgan fingerprint density at radius 1 is 1.30 bits per heavy atom. The summed E-state index contributed by atoms with van der Waals surface area (Å²) in [6, 6.07) is 7.43. The molecule has 1 fully saturated rings. The second kappa shape index (κ2) is 6.47. The first kappa shape index (κ1) is 17.1. The Hall–Kier alpha value is -2.26. The number of hydrogen-bond donors (Lipinski definition) is 1. The molecule has 2 rings (SSSR count). The Labute approximate surface area is 132 Å². The van der Waals surface area contributed by atoms with Gasteiger partial charge in [-0.2, -0.15) is 8.42 Å². The number of carbonyl (C=O) groups excluding carboxylic acids is 3. The Balaban J connectivity index is 1.93. The van der Waals surface area contributed by atoms with Crippen molar-refractivity contribution in [3.8, 4) is 0 Å². The number of imide groups is 1. The van der Waals surface area contributed by atoms with E-state index in [2.05, 4.69) is 4.84 Å². The van der Waals surface area contributed by atoms with Crippen LogP contribution in [0.15, 0.2) is 24.3 Å². The quantitative estimate of drug-likeness (QED) is 0.608. The van der Waals surface area contributed by atoms with Gasteiger partial charge in [0.25, 0.3) is 21.9 Å². The fourth-order valence-corrected chi connectivity index (χ4v) is 2.76. The minimum atomic E-state index is -4.72. The van der Waals surface area contributed by atoms with Gasteiger partial charge in [0, 0.05) is 0 Å². The van der Waals surface area contributed by atoms with Gasteiger partial charge in [-0.25, -0.2) is 4.79 Å². The lowest BCUT2D eigenvalue weighted by Gasteiger charge is -2.13. The minimum absolute atomic E-state index is 0.0866. The minimum Gasteiger partial charge on any atom is -0.330 e. The van der Waals surface area contributed by atoms with Crippen LogP contribution in [0.1, 0.15) is 24.0 Å². The fraction of sp³-hybridized carbons (Fsp3) is 0.357. The molecule has 8 nitrogen and oxygen atoms in total. The first-order valence-corrected chi connectivity index (χ1v) is 8.28. The first-order chi connectivity index (χ1) is 10.7. The maximum absolute atomic E-state index is 11.7. The van der Waals surface area contributed by atoms with Crippen molar-refractivity contribution in [1.29, 1.82) is 0 Å². The number of nitrogens with zero attached hydrogens (tertiary/aromatic N) is 1. The van der Waals surface area contributed by atoms with Crippen LogP contribution in [0.2, 0.25) is 0 Å². The van der Waals surface area contributed by atoms with Crippen molar-refractivity contribution in [2.45, 2.75) is 31.4 Å². The molecule has 124 valence electrons. The molecule has 1 N–H and O–H groups in total. The molecule has 0 saturated carbocycles. The molecule has 9 heteroatoms. The predicted octanol–water partition coefficient (Wildman–Crippen LogP) is 0.401. The Morgan fingerprint density at radius 2 is 1.91 bits per heavy atom. The number of hydrogen-bond acceptors (Lipinski definition) is 6. The second-order valence-corrected chi connectivity index (χ2v) is 6.78. The van der Waals surface area contributed by atoms with Crippen LogP contribution in [0.4, 0.5) is 0 Å². The molecule has 1 atom stereocenters. The number of carbonyl (C=O) groups is 3. The van der Waals surface area contributed by atoms with Crippen molar-refractivity contribution in [2.75, 3.05) is 0 Å². The molecular formula is C14H15NO7S. The molecule has 0 bridgehead atoms. The molecule has 1 aromatic carbocycles. The average Bonchev–Trinajstić information content (AvgIpc) is 2.75. The van der Waals surface area contributed by atoms with Gasteiger partial charge in [0.05, 0.1) is 12.8 Å². The van der Waals surface area contributed by atoms with E-state index in [1.165, 1.54) is 0 Å². The van der Waals surface area contributed by atoms with Gasteiger partial charge in [-0.1, -0.05) is 29.8 Å². The molecule has 1 aliphatic heterocycles. The maximum atomic E-state index is 11.7. The summed E-state index contributed by atoms with van der Waals surface area (Å²) >= 11 is 0. The molecule has 1 unspecified atom stereocenters. The van der Waals surface area contributed by atoms with Gasteiger partial charge >= 0.3 is 5.97 Å². The predicted molar refractivity (Wildman–Crippen MR) is 77.4 cm³/mol. The SMILES string of the molecule is Cc1ccc(CCC(=O)ON2C(=O)CC(S(=O)(=O)O)C2=O)cc1. The lowest BCUT2D eigenvalue weighted by molar-refractivity contribution is -0.197. The van der Waals surface area contributed by atoms with Gasteiger partial charge in [0.1, 0.15) is 0 Å². The zero-order chi connectivity index (χ0) is 17.2. The highest BCUT2D eigenvalue weighted by Crippen LogP contribution is 2.20. The number of amides is 2. The number of rotatable bonds is 5. The number of aryl methyl sites for hydroxylation is 2. The number of benzene rings is 1. The van der Waals surface area contributed by atoms with E-state index in [1.807, 2.05) is 31.2 Å². The molecule has 2 amide bonds. The highest BCUT2D eigenvalue weighted by molar-refractivity contribution is 7.87. The van der Waals surface area contributed by atoms with E-state index < -0.39 is 39.6 Å². The van der Waals surface area contributed by atoms with E-state index >= 15 is 0 Å². The monoisotopic (exact) mass is 341 g/mol. The van der Waals surface area contributed by atoms with Crippen LogP contribution in [-0.4, -0.2) is 41.1 Å². The molecule has 1 heterocycles. The Bertz CT molecular complexity index is 739. The summed E-state index contributed by atoms with van der Waals surface area (Å²) in [5.74, 6) is -3.09. The molecule has 0 aromatic heterocycles. The summed E-state index contributed by atoms with van der Waals surface area (Å²) in [4.78, 5) is 39.6. The molecule has 23 heavy (non-hydrogen) atoms. The summed E-state index contributed by atoms with van der Waals surface area (Å²) in [6.45, 7) is 1.92. The second-order valence-electron chi connectivity index (χ2n) is 5.18. The van der Waals surface area contributed by atoms with Gasteiger partial charge in [-0.3, -0.25) is 14.1 Å². The van der Waals surface area contributed by atoms with Crippen LogP contribution < -0.4 is 0 Å². The summed E-state index contributed by atoms with van der Waals surface area (Å²) in [5, 5.41) is -1.81. The van der Waals surface area contributed by atoms with E-state index in [9.17, 15) is 22.8 Å². The van der Waals surface area contributed by atoms with Crippen molar-refractivity contribution in [3.63, 3.8) is 0 Å². The van der Waals surface area contributed by atoms with Crippen LogP contribution in [0.25, 0.3) is 0 Å². The molecule has 1 saturated heterocycles. The van der Waals surface area contributed by atoms with Crippen LogP contribution in [0.5, 0.6) is 0 Å². The molecule has 0 aliphatic carbocycles. The summed E-state index contributed by atoms with van der Waals surface area (Å²) < 4.78 is 30.8. The van der Waals surface area contributed by atoms with E-state index in [0.29, 0.717) is 6.42 Å². The van der Waals surface area contributed by atoms with Crippen LogP contribution in [-0.2, 0) is 35.8 Å². The average molecular weight is 341 g/mol. The third-order valence-electron chi connectivity index (χ3n) is 3.35. The zero-order valence-corrected chi connectivity index (χ0v) is 13.1. The van der Waals surface area contributed by atoms with Crippen molar-refractivity contribution < 1.29 is 32.2 Å². The van der Waals surface area contributed by atoms with Crippen LogP contribution in [0, 0.1) is 6.92 Å². The normalized spacial score (nSPS) is 18.3. The van der Waals surface area contributed by atoms with Gasteiger partial charge in [0.15, 0.2) is 5.25 Å². The molecule has 0 spiro atoms. The Morgan fingerprint density at radius 3 is 2.43 bits per heavy atom. The van der Waals surface area contributed by atoms with Gasteiger partial charge in [0.2, 0.25) is 0 Å². The zero-order valence-electron chi connectivity index (χ0n) is 12.3. The lowest BCUT2D eigenvalue weighted by atomic mass is 10.1. The maximum Gasteiger partial charge on any atom is 0.333 e. The van der Waals surface area contributed by atoms with Crippen molar-refractivity contribution in [2.24, 2.45) is 0 Å². The molecule has 1 aliphatic rings. The smallest absolute Gasteiger partial charge is 0.330 e. The molecular weight excluding hydrogens is 326 g/mol. The fourth-order valence-electron chi connectivity index (χ4n) is 2.06. The van der Waals surface area contributed by atoms with Crippen LogP contribution >= 0.6 is 0 Å². The summed E-state index contributed by atoms with van der Waals surface area (Å²) in [7, 11) is -4.72. The van der Waals surface area contributed by atoms with Gasteiger partial charge < -0.3 is 4.84 Å². The van der Waals surface area contributed by atoms with E-state index in [-0.39, 0.29) is 11.5 Å². The summed E-state index contributed by atoms with van der Waals surface area (Å²) in [5.41, 5.74) is 1.95. The van der Waals surface area contributed by atoms with Gasteiger partial charge in [-0.15, -0.1) is 5.06 Å². The highest BCUT2D eigenvalue weighted by Gasteiger charge is 2.48. The lowest BCUT2D eigenvalue weighted by Crippen LogP contribution is -2.36. The third-order valence-corrected chi connectivity index (χ3v) is 4.44. The molecule has 0 radical (unpaired) electrons. The topological polar surface area (TPSA) is 118 Å². The van der Waals surface area contributed by atoms with Gasteiger partial charge in [-0.05, 0) is 18.9 Å². The first-order valence-electron chi connectivity index (χ1n) is 6.78. The summed E-state index contributed by atoms with van der Waals surface area (Å²) in [6.07, 6.45) is -0.489. The highest BCUT2D eigenvalue weighted by atomic mass is 32.2. The van der Waals surface area contributed by atoms with E-state index in [1.54, 1.807) is 0 Å². The van der Waals surface area contributed by atoms with E-state index in [0.717, 1.165) is 11.1 Å². The molecule has 1 aromatic rings. The standard InChI is InChI=1S/C14H15NO7S/c1-9-2-4-10(5-3-9)6-7-13(17)22-15-12(16)8-11(14(15)18)23(19,20)21/h2-5,11H,6-8H2,1H3,(H,19,20,21). The van der Waals surface area contributed by atoms with Crippen molar-refractivity contribution in [1.82, 2.24) is 5.06 Å². The van der Waals surface area contributed by atoms with Crippen molar-refractivity contribution >= 4 is 27.9 Å². The largest absolute Gasteiger partial charge is 0.333 e. The van der Waals surface area contributed by atoms with Crippen molar-refractivity contribution in [3.05, 3.63) is 35.4 Å². The van der Waals surface area contributed by atoms with E-state index in [4.69, 9.17) is 4.55 Å². The third kappa shape index (κ3) is 4.14. The Kier molecular flexibility index (Phi) is 4.81. The van der Waals surface area contributed by atoms with Crippen LogP contribution in [0.3, 0.4) is 0 Å². The number of hydroxylamine groups is 2.